The smallest absolute Gasteiger partial charge is 0.337 e. The van der Waals surface area contributed by atoms with Crippen molar-refractivity contribution in [3.63, 3.8) is 0 Å². The van der Waals surface area contributed by atoms with E-state index in [1.54, 1.807) is 0 Å². The van der Waals surface area contributed by atoms with E-state index >= 15 is 0 Å². The third kappa shape index (κ3) is 4.48. The number of hydrogen-bond acceptors (Lipinski definition) is 4. The number of ether oxygens (including phenoxy) is 1. The van der Waals surface area contributed by atoms with Crippen LogP contribution in [0.3, 0.4) is 0 Å². The van der Waals surface area contributed by atoms with Crippen molar-refractivity contribution >= 4 is 21.7 Å². The van der Waals surface area contributed by atoms with Gasteiger partial charge in [-0.25, -0.2) is 13.2 Å². The van der Waals surface area contributed by atoms with Crippen LogP contribution in [0.4, 0.5) is 5.69 Å². The second-order valence-corrected chi connectivity index (χ2v) is 7.72. The normalized spacial score (nSPS) is 11.3. The second-order valence-electron chi connectivity index (χ2n) is 5.48. The fourth-order valence-corrected chi connectivity index (χ4v) is 2.61. The largest absolute Gasteiger partial charge is 0.489 e. The summed E-state index contributed by atoms with van der Waals surface area (Å²) in [5.41, 5.74) is 0.798. The maximum Gasteiger partial charge on any atom is 0.337 e. The molecule has 2 rings (SSSR count). The number of anilines is 1. The molecule has 0 amide bonds. The molecule has 24 heavy (non-hydrogen) atoms. The standard InChI is InChI=1S/C17H19NO5S/c1-12(2)24(21,22)18-16-9-8-14(10-15(16)17(19)20)23-11-13-6-4-3-5-7-13/h3-10,12,18H,11H2,1-2H3,(H,19,20). The Morgan fingerprint density at radius 3 is 2.42 bits per heavy atom. The van der Waals surface area contributed by atoms with Crippen LogP contribution in [-0.2, 0) is 16.6 Å². The molecule has 0 saturated carbocycles. The van der Waals surface area contributed by atoms with Crippen molar-refractivity contribution < 1.29 is 23.1 Å². The molecule has 0 radical (unpaired) electrons. The number of aromatic carboxylic acids is 1. The Hall–Kier alpha value is -2.54. The molecule has 0 aliphatic heterocycles. The lowest BCUT2D eigenvalue weighted by atomic mass is 10.1. The van der Waals surface area contributed by atoms with Crippen molar-refractivity contribution in [2.24, 2.45) is 0 Å². The number of benzene rings is 2. The topological polar surface area (TPSA) is 92.7 Å². The zero-order chi connectivity index (χ0) is 17.7. The Kier molecular flexibility index (Phi) is 5.46. The molecule has 128 valence electrons. The summed E-state index contributed by atoms with van der Waals surface area (Å²) in [7, 11) is -3.63. The van der Waals surface area contributed by atoms with Gasteiger partial charge < -0.3 is 9.84 Å². The third-order valence-corrected chi connectivity index (χ3v) is 5.09. The van der Waals surface area contributed by atoms with Crippen molar-refractivity contribution in [1.82, 2.24) is 0 Å². The van der Waals surface area contributed by atoms with Crippen LogP contribution in [0, 0.1) is 0 Å². The maximum atomic E-state index is 11.9. The average molecular weight is 349 g/mol. The summed E-state index contributed by atoms with van der Waals surface area (Å²) in [5, 5.41) is 8.65. The average Bonchev–Trinajstić information content (AvgIpc) is 2.54. The minimum absolute atomic E-state index is 0.0169. The first kappa shape index (κ1) is 17.8. The molecular weight excluding hydrogens is 330 g/mol. The zero-order valence-corrected chi connectivity index (χ0v) is 14.2. The Bertz CT molecular complexity index is 816. The van der Waals surface area contributed by atoms with Crippen molar-refractivity contribution in [2.45, 2.75) is 25.7 Å². The van der Waals surface area contributed by atoms with Crippen molar-refractivity contribution in [1.29, 1.82) is 0 Å². The molecule has 0 bridgehead atoms. The highest BCUT2D eigenvalue weighted by Gasteiger charge is 2.20. The summed E-state index contributed by atoms with van der Waals surface area (Å²) in [6.07, 6.45) is 0. The summed E-state index contributed by atoms with van der Waals surface area (Å²) >= 11 is 0. The SMILES string of the molecule is CC(C)S(=O)(=O)Nc1ccc(OCc2ccccc2)cc1C(=O)O. The monoisotopic (exact) mass is 349 g/mol. The predicted octanol–water partition coefficient (Wildman–Crippen LogP) is 3.11. The molecule has 0 aliphatic rings. The number of rotatable bonds is 7. The lowest BCUT2D eigenvalue weighted by Crippen LogP contribution is -2.23. The second kappa shape index (κ2) is 7.35. The Balaban J connectivity index is 2.22. The first-order chi connectivity index (χ1) is 11.3. The Labute approximate surface area is 141 Å². The van der Waals surface area contributed by atoms with Gasteiger partial charge in [0.1, 0.15) is 12.4 Å². The van der Waals surface area contributed by atoms with E-state index in [1.165, 1.54) is 32.0 Å². The number of carboxylic acids is 1. The van der Waals surface area contributed by atoms with Gasteiger partial charge in [0.25, 0.3) is 0 Å². The molecule has 0 atom stereocenters. The first-order valence-corrected chi connectivity index (χ1v) is 8.90. The number of nitrogens with one attached hydrogen (secondary N) is 1. The van der Waals surface area contributed by atoms with Gasteiger partial charge in [-0.1, -0.05) is 30.3 Å². The van der Waals surface area contributed by atoms with E-state index in [2.05, 4.69) is 4.72 Å². The molecule has 0 unspecified atom stereocenters. The van der Waals surface area contributed by atoms with Crippen molar-refractivity contribution in [3.8, 4) is 5.75 Å². The molecule has 2 N–H and O–H groups in total. The van der Waals surface area contributed by atoms with Gasteiger partial charge >= 0.3 is 5.97 Å². The van der Waals surface area contributed by atoms with Crippen LogP contribution in [0.15, 0.2) is 48.5 Å². The van der Waals surface area contributed by atoms with E-state index in [0.29, 0.717) is 5.75 Å². The predicted molar refractivity (Wildman–Crippen MR) is 91.9 cm³/mol. The van der Waals surface area contributed by atoms with E-state index in [-0.39, 0.29) is 17.9 Å². The lowest BCUT2D eigenvalue weighted by Gasteiger charge is -2.14. The quantitative estimate of drug-likeness (QED) is 0.801. The molecule has 0 fully saturated rings. The number of carboxylic acid groups (broad SMARTS) is 1. The van der Waals surface area contributed by atoms with Crippen LogP contribution in [0.2, 0.25) is 0 Å². The van der Waals surface area contributed by atoms with E-state index in [9.17, 15) is 18.3 Å². The highest BCUT2D eigenvalue weighted by atomic mass is 32.2. The van der Waals surface area contributed by atoms with Gasteiger partial charge in [-0.05, 0) is 37.6 Å². The molecule has 0 saturated heterocycles. The molecular formula is C17H19NO5S. The fourth-order valence-electron chi connectivity index (χ4n) is 1.89. The Morgan fingerprint density at radius 1 is 1.17 bits per heavy atom. The van der Waals surface area contributed by atoms with Crippen LogP contribution in [0.25, 0.3) is 0 Å². The summed E-state index contributed by atoms with van der Waals surface area (Å²) in [5.74, 6) is -0.884. The van der Waals surface area contributed by atoms with Gasteiger partial charge in [0.05, 0.1) is 16.5 Å². The molecule has 0 aliphatic carbocycles. The molecule has 2 aromatic carbocycles. The minimum Gasteiger partial charge on any atom is -0.489 e. The van der Waals surface area contributed by atoms with E-state index in [0.717, 1.165) is 5.56 Å². The molecule has 0 aromatic heterocycles. The lowest BCUT2D eigenvalue weighted by molar-refractivity contribution is 0.0697. The molecule has 6 nitrogen and oxygen atoms in total. The number of carbonyl (C=O) groups is 1. The van der Waals surface area contributed by atoms with E-state index in [4.69, 9.17) is 4.74 Å². The van der Waals surface area contributed by atoms with Crippen LogP contribution < -0.4 is 9.46 Å². The summed E-state index contributed by atoms with van der Waals surface area (Å²) < 4.78 is 31.7. The maximum absolute atomic E-state index is 11.9. The van der Waals surface area contributed by atoms with Crippen LogP contribution in [0.1, 0.15) is 29.8 Å². The molecule has 7 heteroatoms. The van der Waals surface area contributed by atoms with E-state index in [1.807, 2.05) is 30.3 Å². The van der Waals surface area contributed by atoms with Gasteiger partial charge in [0, 0.05) is 0 Å². The molecule has 0 spiro atoms. The van der Waals surface area contributed by atoms with Crippen molar-refractivity contribution in [3.05, 3.63) is 59.7 Å². The van der Waals surface area contributed by atoms with Crippen LogP contribution in [-0.4, -0.2) is 24.7 Å². The third-order valence-electron chi connectivity index (χ3n) is 3.34. The summed E-state index contributed by atoms with van der Waals surface area (Å²) in [6.45, 7) is 3.32. The van der Waals surface area contributed by atoms with Gasteiger partial charge in [0.2, 0.25) is 10.0 Å². The van der Waals surface area contributed by atoms with Crippen molar-refractivity contribution in [2.75, 3.05) is 4.72 Å². The Morgan fingerprint density at radius 2 is 1.83 bits per heavy atom. The number of hydrogen-bond donors (Lipinski definition) is 2. The van der Waals surface area contributed by atoms with Crippen LogP contribution >= 0.6 is 0 Å². The first-order valence-electron chi connectivity index (χ1n) is 7.35. The summed E-state index contributed by atoms with van der Waals surface area (Å²) in [4.78, 5) is 11.4. The molecule has 2 aromatic rings. The molecule has 0 heterocycles. The van der Waals surface area contributed by atoms with Gasteiger partial charge in [-0.15, -0.1) is 0 Å². The van der Waals surface area contributed by atoms with Gasteiger partial charge in [0.15, 0.2) is 0 Å². The highest BCUT2D eigenvalue weighted by molar-refractivity contribution is 7.93. The van der Waals surface area contributed by atoms with Crippen LogP contribution in [0.5, 0.6) is 5.75 Å². The fraction of sp³-hybridized carbons (Fsp3) is 0.235. The summed E-state index contributed by atoms with van der Waals surface area (Å²) in [6, 6.07) is 13.7. The van der Waals surface area contributed by atoms with E-state index < -0.39 is 21.2 Å². The van der Waals surface area contributed by atoms with Gasteiger partial charge in [-0.2, -0.15) is 0 Å². The zero-order valence-electron chi connectivity index (χ0n) is 13.4. The minimum atomic E-state index is -3.63. The highest BCUT2D eigenvalue weighted by Crippen LogP contribution is 2.24. The van der Waals surface area contributed by atoms with Gasteiger partial charge in [-0.3, -0.25) is 4.72 Å². The number of sulfonamides is 1.